The summed E-state index contributed by atoms with van der Waals surface area (Å²) >= 11 is 1.94. The molecule has 0 saturated carbocycles. The highest BCUT2D eigenvalue weighted by molar-refractivity contribution is 8.01. The third kappa shape index (κ3) is 1.93. The molecule has 0 aliphatic carbocycles. The third-order valence-corrected chi connectivity index (χ3v) is 3.70. The van der Waals surface area contributed by atoms with E-state index in [1.54, 1.807) is 0 Å². The van der Waals surface area contributed by atoms with Gasteiger partial charge in [0.05, 0.1) is 4.75 Å². The van der Waals surface area contributed by atoms with Crippen LogP contribution in [0.4, 0.5) is 0 Å². The van der Waals surface area contributed by atoms with Crippen molar-refractivity contribution in [3.8, 4) is 0 Å². The van der Waals surface area contributed by atoms with Gasteiger partial charge >= 0.3 is 0 Å². The van der Waals surface area contributed by atoms with Crippen LogP contribution in [0.2, 0.25) is 0 Å². The lowest BCUT2D eigenvalue weighted by atomic mass is 10.0. The molecular weight excluding hydrogens is 170 g/mol. The Labute approximate surface area is 78.2 Å². The second-order valence-corrected chi connectivity index (χ2v) is 4.75. The van der Waals surface area contributed by atoms with E-state index >= 15 is 0 Å². The van der Waals surface area contributed by atoms with Gasteiger partial charge in [0, 0.05) is 6.54 Å². The lowest BCUT2D eigenvalue weighted by Crippen LogP contribution is -2.44. The Kier molecular flexibility index (Phi) is 3.40. The van der Waals surface area contributed by atoms with Crippen molar-refractivity contribution in [3.63, 3.8) is 0 Å². The molecule has 4 heteroatoms. The van der Waals surface area contributed by atoms with Crippen LogP contribution in [-0.2, 0) is 0 Å². The highest BCUT2D eigenvalue weighted by atomic mass is 32.2. The first kappa shape index (κ1) is 9.86. The van der Waals surface area contributed by atoms with Gasteiger partial charge in [0.1, 0.15) is 5.84 Å². The minimum Gasteiger partial charge on any atom is -0.311 e. The molecule has 3 nitrogen and oxygen atoms in total. The van der Waals surface area contributed by atoms with Crippen LogP contribution in [-0.4, -0.2) is 22.9 Å². The van der Waals surface area contributed by atoms with Crippen molar-refractivity contribution in [2.75, 3.05) is 12.3 Å². The molecule has 1 aliphatic heterocycles. The number of nitrogens with two attached hydrogens (primary N) is 1. The summed E-state index contributed by atoms with van der Waals surface area (Å²) in [5.41, 5.74) is 2.71. The van der Waals surface area contributed by atoms with Gasteiger partial charge in [0.15, 0.2) is 0 Å². The summed E-state index contributed by atoms with van der Waals surface area (Å²) in [5.74, 6) is 7.60. The van der Waals surface area contributed by atoms with Crippen LogP contribution in [0, 0.1) is 0 Å². The molecule has 0 aromatic rings. The fraction of sp³-hybridized carbons (Fsp3) is 0.875. The summed E-state index contributed by atoms with van der Waals surface area (Å²) in [5, 5.41) is 0. The zero-order chi connectivity index (χ0) is 9.03. The molecule has 0 spiro atoms. The van der Waals surface area contributed by atoms with Crippen LogP contribution < -0.4 is 11.3 Å². The molecule has 1 atom stereocenters. The van der Waals surface area contributed by atoms with E-state index in [1.807, 2.05) is 18.7 Å². The summed E-state index contributed by atoms with van der Waals surface area (Å²) in [7, 11) is 0. The van der Waals surface area contributed by atoms with Gasteiger partial charge in [-0.3, -0.25) is 4.99 Å². The lowest BCUT2D eigenvalue weighted by Gasteiger charge is -2.24. The predicted molar refractivity (Wildman–Crippen MR) is 55.4 cm³/mol. The molecule has 1 unspecified atom stereocenters. The number of hydrazine groups is 1. The molecule has 70 valence electrons. The number of amidine groups is 1. The molecule has 1 aliphatic rings. The van der Waals surface area contributed by atoms with Crippen molar-refractivity contribution < 1.29 is 0 Å². The second kappa shape index (κ2) is 4.14. The summed E-state index contributed by atoms with van der Waals surface area (Å²) in [4.78, 5) is 4.36. The van der Waals surface area contributed by atoms with Crippen molar-refractivity contribution >= 4 is 17.6 Å². The Morgan fingerprint density at radius 3 is 2.92 bits per heavy atom. The fourth-order valence-corrected chi connectivity index (χ4v) is 2.78. The molecule has 0 radical (unpaired) electrons. The maximum absolute atomic E-state index is 5.43. The van der Waals surface area contributed by atoms with Crippen LogP contribution in [0.1, 0.15) is 26.7 Å². The van der Waals surface area contributed by atoms with Crippen LogP contribution in [0.5, 0.6) is 0 Å². The molecule has 0 bridgehead atoms. The Morgan fingerprint density at radius 1 is 1.75 bits per heavy atom. The maximum Gasteiger partial charge on any atom is 0.126 e. The molecule has 3 N–H and O–H groups in total. The highest BCUT2D eigenvalue weighted by Gasteiger charge is 2.34. The van der Waals surface area contributed by atoms with E-state index in [1.165, 1.54) is 18.6 Å². The van der Waals surface area contributed by atoms with Crippen LogP contribution >= 0.6 is 11.8 Å². The number of rotatable bonds is 2. The summed E-state index contributed by atoms with van der Waals surface area (Å²) in [6.45, 7) is 5.04. The first-order valence-corrected chi connectivity index (χ1v) is 5.37. The smallest absolute Gasteiger partial charge is 0.126 e. The number of aliphatic imine (C=N–C) groups is 1. The standard InChI is InChI=1S/C8H17N3S/c1-3-10-7(11-9)8(2)5-4-6-12-8/h3-6,9H2,1-2H3,(H,10,11). The summed E-state index contributed by atoms with van der Waals surface area (Å²) in [6, 6.07) is 0. The van der Waals surface area contributed by atoms with E-state index in [0.29, 0.717) is 0 Å². The minimum atomic E-state index is 0.144. The van der Waals surface area contributed by atoms with Gasteiger partial charge < -0.3 is 5.43 Å². The van der Waals surface area contributed by atoms with Crippen molar-refractivity contribution in [2.45, 2.75) is 31.4 Å². The zero-order valence-electron chi connectivity index (χ0n) is 7.76. The van der Waals surface area contributed by atoms with Gasteiger partial charge in [0.25, 0.3) is 0 Å². The molecule has 0 aromatic carbocycles. The Balaban J connectivity index is 2.69. The Bertz CT molecular complexity index is 173. The number of hydrogen-bond acceptors (Lipinski definition) is 3. The van der Waals surface area contributed by atoms with Gasteiger partial charge in [-0.1, -0.05) is 0 Å². The average Bonchev–Trinajstić information content (AvgIpc) is 2.49. The summed E-state index contributed by atoms with van der Waals surface area (Å²) < 4.78 is 0.144. The Morgan fingerprint density at radius 2 is 2.50 bits per heavy atom. The monoisotopic (exact) mass is 187 g/mol. The topological polar surface area (TPSA) is 50.4 Å². The molecule has 1 rings (SSSR count). The third-order valence-electron chi connectivity index (χ3n) is 2.17. The molecule has 1 heterocycles. The predicted octanol–water partition coefficient (Wildman–Crippen LogP) is 1.15. The van der Waals surface area contributed by atoms with E-state index in [0.717, 1.165) is 12.4 Å². The van der Waals surface area contributed by atoms with Gasteiger partial charge in [-0.25, -0.2) is 5.84 Å². The SMILES string of the molecule is CCN=C(NN)C1(C)CCCS1. The van der Waals surface area contributed by atoms with E-state index in [4.69, 9.17) is 5.84 Å². The van der Waals surface area contributed by atoms with Crippen LogP contribution in [0.25, 0.3) is 0 Å². The van der Waals surface area contributed by atoms with Crippen molar-refractivity contribution in [3.05, 3.63) is 0 Å². The van der Waals surface area contributed by atoms with Crippen molar-refractivity contribution in [1.29, 1.82) is 0 Å². The van der Waals surface area contributed by atoms with Gasteiger partial charge in [-0.15, -0.1) is 11.8 Å². The number of thioether (sulfide) groups is 1. The minimum absolute atomic E-state index is 0.144. The molecule has 12 heavy (non-hydrogen) atoms. The van der Waals surface area contributed by atoms with Gasteiger partial charge in [-0.05, 0) is 32.4 Å². The summed E-state index contributed by atoms with van der Waals surface area (Å²) in [6.07, 6.45) is 2.45. The number of hydrogen-bond donors (Lipinski definition) is 2. The average molecular weight is 187 g/mol. The molecule has 0 aromatic heterocycles. The first-order valence-electron chi connectivity index (χ1n) is 4.38. The number of nitrogens with one attached hydrogen (secondary N) is 1. The van der Waals surface area contributed by atoms with Gasteiger partial charge in [0.2, 0.25) is 0 Å². The maximum atomic E-state index is 5.43. The molecule has 1 fully saturated rings. The van der Waals surface area contributed by atoms with Crippen LogP contribution in [0.3, 0.4) is 0 Å². The highest BCUT2D eigenvalue weighted by Crippen LogP contribution is 2.38. The zero-order valence-corrected chi connectivity index (χ0v) is 8.58. The fourth-order valence-electron chi connectivity index (χ4n) is 1.49. The largest absolute Gasteiger partial charge is 0.311 e. The second-order valence-electron chi connectivity index (χ2n) is 3.15. The number of nitrogens with zero attached hydrogens (tertiary/aromatic N) is 1. The molecular formula is C8H17N3S. The quantitative estimate of drug-likeness (QED) is 0.295. The molecule has 1 saturated heterocycles. The van der Waals surface area contributed by atoms with E-state index < -0.39 is 0 Å². The normalized spacial score (nSPS) is 30.8. The van der Waals surface area contributed by atoms with E-state index in [-0.39, 0.29) is 4.75 Å². The Hall–Kier alpha value is -0.220. The van der Waals surface area contributed by atoms with Crippen molar-refractivity contribution in [1.82, 2.24) is 5.43 Å². The lowest BCUT2D eigenvalue weighted by molar-refractivity contribution is 0.722. The van der Waals surface area contributed by atoms with E-state index in [9.17, 15) is 0 Å². The molecule has 0 amide bonds. The van der Waals surface area contributed by atoms with E-state index in [2.05, 4.69) is 17.3 Å². The first-order chi connectivity index (χ1) is 5.73. The van der Waals surface area contributed by atoms with Crippen molar-refractivity contribution in [2.24, 2.45) is 10.8 Å². The van der Waals surface area contributed by atoms with Gasteiger partial charge in [-0.2, -0.15) is 0 Å². The van der Waals surface area contributed by atoms with Crippen LogP contribution in [0.15, 0.2) is 4.99 Å².